The molecule has 1 fully saturated rings. The molecule has 1 N–H and O–H groups in total. The predicted molar refractivity (Wildman–Crippen MR) is 66.9 cm³/mol. The van der Waals surface area contributed by atoms with Crippen LogP contribution in [0, 0.1) is 0 Å². The molecule has 19 heavy (non-hydrogen) atoms. The van der Waals surface area contributed by atoms with Crippen LogP contribution in [0.2, 0.25) is 0 Å². The Balaban J connectivity index is 2.03. The summed E-state index contributed by atoms with van der Waals surface area (Å²) in [5.74, 6) is -4.98. The van der Waals surface area contributed by atoms with Gasteiger partial charge in [0.2, 0.25) is 0 Å². The second-order valence-electron chi connectivity index (χ2n) is 4.83. The van der Waals surface area contributed by atoms with E-state index in [1.807, 2.05) is 0 Å². The molecule has 3 nitrogen and oxygen atoms in total. The Bertz CT molecular complexity index is 430. The number of benzene rings is 1. The number of halogens is 2. The molecule has 1 amide bonds. The Morgan fingerprint density at radius 3 is 2.42 bits per heavy atom. The number of rotatable bonds is 4. The first kappa shape index (κ1) is 13.9. The van der Waals surface area contributed by atoms with Gasteiger partial charge >= 0.3 is 5.92 Å². The first-order chi connectivity index (χ1) is 9.01. The van der Waals surface area contributed by atoms with Crippen molar-refractivity contribution in [1.29, 1.82) is 0 Å². The quantitative estimate of drug-likeness (QED) is 0.906. The van der Waals surface area contributed by atoms with Crippen molar-refractivity contribution in [3.8, 4) is 0 Å². The van der Waals surface area contributed by atoms with Crippen LogP contribution in [-0.4, -0.2) is 41.0 Å². The number of hydrogen-bond donors (Lipinski definition) is 1. The molecule has 1 aromatic rings. The van der Waals surface area contributed by atoms with Crippen LogP contribution in [0.15, 0.2) is 30.3 Å². The van der Waals surface area contributed by atoms with Crippen LogP contribution in [0.1, 0.15) is 18.4 Å². The minimum Gasteiger partial charge on any atom is -0.386 e. The average molecular weight is 269 g/mol. The Hall–Kier alpha value is -1.49. The fourth-order valence-electron chi connectivity index (χ4n) is 2.24. The van der Waals surface area contributed by atoms with Gasteiger partial charge in [-0.1, -0.05) is 30.3 Å². The van der Waals surface area contributed by atoms with Gasteiger partial charge < -0.3 is 10.0 Å². The minimum absolute atomic E-state index is 0.229. The topological polar surface area (TPSA) is 40.5 Å². The number of carbonyl (C=O) groups is 1. The molecule has 1 aromatic carbocycles. The summed E-state index contributed by atoms with van der Waals surface area (Å²) in [6.45, 7) is 0.707. The van der Waals surface area contributed by atoms with Gasteiger partial charge in [0.05, 0.1) is 0 Å². The van der Waals surface area contributed by atoms with Crippen LogP contribution in [-0.2, 0) is 11.2 Å². The van der Waals surface area contributed by atoms with Crippen molar-refractivity contribution >= 4 is 5.91 Å². The summed E-state index contributed by atoms with van der Waals surface area (Å²) >= 11 is 0. The normalized spacial score (nSPS) is 17.5. The summed E-state index contributed by atoms with van der Waals surface area (Å²) < 4.78 is 27.8. The van der Waals surface area contributed by atoms with Crippen LogP contribution < -0.4 is 0 Å². The highest BCUT2D eigenvalue weighted by Gasteiger charge is 2.49. The SMILES string of the molecule is O=C(N1CCCC1)C(F)(F)C(O)Cc1ccccc1. The Morgan fingerprint density at radius 2 is 1.84 bits per heavy atom. The van der Waals surface area contributed by atoms with E-state index in [1.165, 1.54) is 0 Å². The number of hydrogen-bond acceptors (Lipinski definition) is 2. The van der Waals surface area contributed by atoms with Gasteiger partial charge in [0.1, 0.15) is 6.10 Å². The van der Waals surface area contributed by atoms with Gasteiger partial charge in [0.15, 0.2) is 0 Å². The largest absolute Gasteiger partial charge is 0.386 e. The van der Waals surface area contributed by atoms with Gasteiger partial charge in [0, 0.05) is 19.5 Å². The molecule has 5 heteroatoms. The number of amides is 1. The highest BCUT2D eigenvalue weighted by molar-refractivity contribution is 5.84. The summed E-state index contributed by atoms with van der Waals surface area (Å²) in [6, 6.07) is 8.49. The first-order valence-corrected chi connectivity index (χ1v) is 6.41. The molecule has 104 valence electrons. The molecule has 0 spiro atoms. The Morgan fingerprint density at radius 1 is 1.26 bits per heavy atom. The number of aliphatic hydroxyl groups is 1. The Labute approximate surface area is 110 Å². The van der Waals surface area contributed by atoms with E-state index >= 15 is 0 Å². The maximum atomic E-state index is 13.9. The third-order valence-corrected chi connectivity index (χ3v) is 3.37. The molecule has 1 aliphatic rings. The van der Waals surface area contributed by atoms with Gasteiger partial charge in [-0.15, -0.1) is 0 Å². The minimum atomic E-state index is -3.72. The highest BCUT2D eigenvalue weighted by Crippen LogP contribution is 2.26. The van der Waals surface area contributed by atoms with Gasteiger partial charge in [-0.25, -0.2) is 0 Å². The zero-order chi connectivity index (χ0) is 13.9. The van der Waals surface area contributed by atoms with Crippen LogP contribution >= 0.6 is 0 Å². The van der Waals surface area contributed by atoms with Crippen LogP contribution in [0.5, 0.6) is 0 Å². The molecule has 0 bridgehead atoms. The van der Waals surface area contributed by atoms with Crippen molar-refractivity contribution in [2.45, 2.75) is 31.3 Å². The van der Waals surface area contributed by atoms with Crippen LogP contribution in [0.25, 0.3) is 0 Å². The number of carbonyl (C=O) groups excluding carboxylic acids is 1. The summed E-state index contributed by atoms with van der Waals surface area (Å²) in [5, 5.41) is 9.66. The summed E-state index contributed by atoms with van der Waals surface area (Å²) in [4.78, 5) is 12.8. The third kappa shape index (κ3) is 3.10. The van der Waals surface area contributed by atoms with E-state index in [2.05, 4.69) is 0 Å². The summed E-state index contributed by atoms with van der Waals surface area (Å²) in [6.07, 6.45) is -0.719. The van der Waals surface area contributed by atoms with E-state index in [9.17, 15) is 18.7 Å². The van der Waals surface area contributed by atoms with Crippen molar-refractivity contribution in [2.24, 2.45) is 0 Å². The number of nitrogens with zero attached hydrogens (tertiary/aromatic N) is 1. The molecule has 0 aromatic heterocycles. The van der Waals surface area contributed by atoms with Gasteiger partial charge in [0.25, 0.3) is 5.91 Å². The fraction of sp³-hybridized carbons (Fsp3) is 0.500. The molecule has 1 saturated heterocycles. The second-order valence-corrected chi connectivity index (χ2v) is 4.83. The van der Waals surface area contributed by atoms with E-state index in [-0.39, 0.29) is 6.42 Å². The van der Waals surface area contributed by atoms with E-state index in [0.29, 0.717) is 18.7 Å². The predicted octanol–water partition coefficient (Wildman–Crippen LogP) is 1.85. The van der Waals surface area contributed by atoms with Gasteiger partial charge in [-0.05, 0) is 18.4 Å². The molecule has 2 rings (SSSR count). The van der Waals surface area contributed by atoms with Crippen molar-refractivity contribution in [3.63, 3.8) is 0 Å². The molecule has 0 saturated carbocycles. The maximum Gasteiger partial charge on any atom is 0.350 e. The Kier molecular flexibility index (Phi) is 4.14. The van der Waals surface area contributed by atoms with Crippen molar-refractivity contribution in [3.05, 3.63) is 35.9 Å². The van der Waals surface area contributed by atoms with Gasteiger partial charge in [-0.2, -0.15) is 8.78 Å². The van der Waals surface area contributed by atoms with E-state index in [1.54, 1.807) is 30.3 Å². The standard InChI is InChI=1S/C14H17F2NO2/c15-14(16,13(19)17-8-4-5-9-17)12(18)10-11-6-2-1-3-7-11/h1-3,6-7,12,18H,4-5,8-10H2. The molecule has 1 unspecified atom stereocenters. The molecule has 0 radical (unpaired) electrons. The zero-order valence-electron chi connectivity index (χ0n) is 10.6. The lowest BCUT2D eigenvalue weighted by molar-refractivity contribution is -0.173. The van der Waals surface area contributed by atoms with Gasteiger partial charge in [-0.3, -0.25) is 4.79 Å². The van der Waals surface area contributed by atoms with E-state index in [4.69, 9.17) is 0 Å². The number of aliphatic hydroxyl groups excluding tert-OH is 1. The van der Waals surface area contributed by atoms with Crippen molar-refractivity contribution in [2.75, 3.05) is 13.1 Å². The smallest absolute Gasteiger partial charge is 0.350 e. The fourth-order valence-corrected chi connectivity index (χ4v) is 2.24. The monoisotopic (exact) mass is 269 g/mol. The van der Waals surface area contributed by atoms with Crippen LogP contribution in [0.3, 0.4) is 0 Å². The van der Waals surface area contributed by atoms with Crippen LogP contribution in [0.4, 0.5) is 8.78 Å². The molecule has 1 atom stereocenters. The first-order valence-electron chi connectivity index (χ1n) is 6.41. The van der Waals surface area contributed by atoms with Crippen molar-refractivity contribution in [1.82, 2.24) is 4.90 Å². The lowest BCUT2D eigenvalue weighted by atomic mass is 10.0. The number of alkyl halides is 2. The lowest BCUT2D eigenvalue weighted by Crippen LogP contribution is -2.50. The lowest BCUT2D eigenvalue weighted by Gasteiger charge is -2.26. The second kappa shape index (κ2) is 5.65. The number of likely N-dealkylation sites (tertiary alicyclic amines) is 1. The molecule has 1 aliphatic heterocycles. The average Bonchev–Trinajstić information content (AvgIpc) is 2.92. The summed E-state index contributed by atoms with van der Waals surface area (Å²) in [7, 11) is 0. The van der Waals surface area contributed by atoms with E-state index in [0.717, 1.165) is 17.7 Å². The maximum absolute atomic E-state index is 13.9. The highest BCUT2D eigenvalue weighted by atomic mass is 19.3. The third-order valence-electron chi connectivity index (χ3n) is 3.37. The van der Waals surface area contributed by atoms with E-state index < -0.39 is 17.9 Å². The molecule has 0 aliphatic carbocycles. The molecular formula is C14H17F2NO2. The van der Waals surface area contributed by atoms with Crippen molar-refractivity contribution < 1.29 is 18.7 Å². The zero-order valence-corrected chi connectivity index (χ0v) is 10.6. The molecular weight excluding hydrogens is 252 g/mol. The molecule has 1 heterocycles. The summed E-state index contributed by atoms with van der Waals surface area (Å²) in [5.41, 5.74) is 0.587.